The van der Waals surface area contributed by atoms with E-state index in [-0.39, 0.29) is 0 Å². The second-order valence-electron chi connectivity index (χ2n) is 10.8. The standard InChI is InChI=1S/C39H24N2O/c1-2-8-25(9-3-1)26-16-18-28(19-17-26)41(39-38-33-12-4-5-15-35(33)42-36(38)22-23-40-39)29-20-21-30-31-13-6-10-27-11-7-14-32(37(27)31)34(30)24-29/h1-24H. The van der Waals surface area contributed by atoms with Crippen LogP contribution in [0.15, 0.2) is 150 Å². The Labute approximate surface area is 242 Å². The monoisotopic (exact) mass is 536 g/mol. The van der Waals surface area contributed by atoms with Gasteiger partial charge in [0.05, 0.1) is 5.39 Å². The van der Waals surface area contributed by atoms with Crippen LogP contribution in [0.1, 0.15) is 0 Å². The van der Waals surface area contributed by atoms with Crippen LogP contribution in [0.25, 0.3) is 66.1 Å². The maximum Gasteiger partial charge on any atom is 0.149 e. The van der Waals surface area contributed by atoms with Gasteiger partial charge in [-0.1, -0.05) is 103 Å². The van der Waals surface area contributed by atoms with E-state index < -0.39 is 0 Å². The van der Waals surface area contributed by atoms with Crippen LogP contribution in [0.4, 0.5) is 17.2 Å². The zero-order chi connectivity index (χ0) is 27.6. The quantitative estimate of drug-likeness (QED) is 0.224. The minimum Gasteiger partial charge on any atom is -0.456 e. The summed E-state index contributed by atoms with van der Waals surface area (Å²) in [4.78, 5) is 7.27. The zero-order valence-corrected chi connectivity index (χ0v) is 22.7. The molecule has 6 aromatic carbocycles. The molecule has 0 spiro atoms. The molecule has 0 saturated carbocycles. The lowest BCUT2D eigenvalue weighted by Gasteiger charge is -2.26. The van der Waals surface area contributed by atoms with Gasteiger partial charge in [-0.05, 0) is 80.6 Å². The number of para-hydroxylation sites is 1. The predicted octanol–water partition coefficient (Wildman–Crippen LogP) is 10.9. The van der Waals surface area contributed by atoms with Crippen molar-refractivity contribution in [3.63, 3.8) is 0 Å². The van der Waals surface area contributed by atoms with Crippen molar-refractivity contribution >= 4 is 49.9 Å². The van der Waals surface area contributed by atoms with Crippen LogP contribution < -0.4 is 4.90 Å². The van der Waals surface area contributed by atoms with Gasteiger partial charge >= 0.3 is 0 Å². The number of pyridine rings is 1. The molecule has 0 bridgehead atoms. The van der Waals surface area contributed by atoms with Gasteiger partial charge in [0.15, 0.2) is 0 Å². The molecule has 42 heavy (non-hydrogen) atoms. The lowest BCUT2D eigenvalue weighted by Crippen LogP contribution is -2.12. The van der Waals surface area contributed by atoms with Gasteiger partial charge in [-0.15, -0.1) is 0 Å². The number of anilines is 3. The highest BCUT2D eigenvalue weighted by Gasteiger charge is 2.25. The van der Waals surface area contributed by atoms with E-state index in [2.05, 4.69) is 120 Å². The summed E-state index contributed by atoms with van der Waals surface area (Å²) in [6.45, 7) is 0. The molecule has 0 aliphatic heterocycles. The molecule has 196 valence electrons. The van der Waals surface area contributed by atoms with E-state index in [1.54, 1.807) is 0 Å². The number of aromatic nitrogens is 1. The van der Waals surface area contributed by atoms with E-state index in [1.807, 2.05) is 30.5 Å². The van der Waals surface area contributed by atoms with Gasteiger partial charge in [0, 0.05) is 23.0 Å². The highest BCUT2D eigenvalue weighted by Crippen LogP contribution is 2.50. The Morgan fingerprint density at radius 1 is 0.476 bits per heavy atom. The first-order chi connectivity index (χ1) is 20.8. The van der Waals surface area contributed by atoms with Crippen LogP contribution in [0.5, 0.6) is 0 Å². The van der Waals surface area contributed by atoms with Crippen molar-refractivity contribution in [1.82, 2.24) is 4.98 Å². The molecule has 0 unspecified atom stereocenters. The van der Waals surface area contributed by atoms with Crippen molar-refractivity contribution in [2.24, 2.45) is 0 Å². The van der Waals surface area contributed by atoms with E-state index in [9.17, 15) is 0 Å². The van der Waals surface area contributed by atoms with Crippen LogP contribution in [-0.4, -0.2) is 4.98 Å². The number of nitrogens with zero attached hydrogens (tertiary/aromatic N) is 2. The lowest BCUT2D eigenvalue weighted by molar-refractivity contribution is 0.668. The molecule has 0 saturated heterocycles. The molecule has 1 aliphatic carbocycles. The number of benzene rings is 6. The SMILES string of the molecule is c1ccc(-c2ccc(N(c3ccc4c(c3)-c3cccc5cccc-4c35)c3nccc4oc5ccccc5c34)cc2)cc1. The van der Waals surface area contributed by atoms with Gasteiger partial charge in [0.2, 0.25) is 0 Å². The maximum atomic E-state index is 6.28. The van der Waals surface area contributed by atoms with E-state index in [4.69, 9.17) is 9.40 Å². The first kappa shape index (κ1) is 23.1. The first-order valence-electron chi connectivity index (χ1n) is 14.2. The smallest absolute Gasteiger partial charge is 0.149 e. The minimum absolute atomic E-state index is 0.824. The molecule has 0 N–H and O–H groups in total. The summed E-state index contributed by atoms with van der Waals surface area (Å²) in [6.07, 6.45) is 1.84. The third-order valence-electron chi connectivity index (χ3n) is 8.46. The second kappa shape index (κ2) is 8.92. The van der Waals surface area contributed by atoms with Crippen molar-refractivity contribution < 1.29 is 4.42 Å². The minimum atomic E-state index is 0.824. The Morgan fingerprint density at radius 2 is 1.19 bits per heavy atom. The van der Waals surface area contributed by atoms with Crippen LogP contribution in [0, 0.1) is 0 Å². The molecule has 8 aromatic rings. The number of fused-ring (bicyclic) bond motifs is 6. The van der Waals surface area contributed by atoms with E-state index in [0.29, 0.717) is 0 Å². The van der Waals surface area contributed by atoms with Crippen molar-refractivity contribution in [2.45, 2.75) is 0 Å². The molecule has 0 fully saturated rings. The summed E-state index contributed by atoms with van der Waals surface area (Å²) >= 11 is 0. The average Bonchev–Trinajstić information content (AvgIpc) is 3.59. The van der Waals surface area contributed by atoms with Crippen LogP contribution in [0.3, 0.4) is 0 Å². The number of hydrogen-bond donors (Lipinski definition) is 0. The third-order valence-corrected chi connectivity index (χ3v) is 8.46. The summed E-state index contributed by atoms with van der Waals surface area (Å²) in [5.74, 6) is 0.846. The Bertz CT molecular complexity index is 2290. The van der Waals surface area contributed by atoms with Crippen molar-refractivity contribution in [2.75, 3.05) is 4.90 Å². The lowest BCUT2D eigenvalue weighted by atomic mass is 10.0. The molecule has 3 nitrogen and oxygen atoms in total. The molecule has 9 rings (SSSR count). The third kappa shape index (κ3) is 3.37. The largest absolute Gasteiger partial charge is 0.456 e. The summed E-state index contributed by atoms with van der Waals surface area (Å²) in [6, 6.07) is 49.4. The molecular formula is C39H24N2O. The van der Waals surface area contributed by atoms with Gasteiger partial charge in [0.1, 0.15) is 17.0 Å². The summed E-state index contributed by atoms with van der Waals surface area (Å²) in [7, 11) is 0. The number of rotatable bonds is 4. The van der Waals surface area contributed by atoms with Gasteiger partial charge in [0.25, 0.3) is 0 Å². The average molecular weight is 537 g/mol. The molecule has 0 radical (unpaired) electrons. The fraction of sp³-hybridized carbons (Fsp3) is 0. The van der Waals surface area contributed by atoms with E-state index >= 15 is 0 Å². The van der Waals surface area contributed by atoms with E-state index in [0.717, 1.165) is 39.1 Å². The molecular weight excluding hydrogens is 512 g/mol. The normalized spacial score (nSPS) is 11.8. The molecule has 3 heteroatoms. The fourth-order valence-electron chi connectivity index (χ4n) is 6.57. The topological polar surface area (TPSA) is 29.3 Å². The van der Waals surface area contributed by atoms with Gasteiger partial charge < -0.3 is 4.42 Å². The fourth-order valence-corrected chi connectivity index (χ4v) is 6.57. The molecule has 1 aliphatic rings. The van der Waals surface area contributed by atoms with Crippen molar-refractivity contribution in [3.05, 3.63) is 146 Å². The maximum absolute atomic E-state index is 6.28. The Morgan fingerprint density at radius 3 is 2.02 bits per heavy atom. The summed E-state index contributed by atoms with van der Waals surface area (Å²) in [5.41, 5.74) is 11.2. The van der Waals surface area contributed by atoms with Crippen LogP contribution in [-0.2, 0) is 0 Å². The van der Waals surface area contributed by atoms with Crippen molar-refractivity contribution in [1.29, 1.82) is 0 Å². The number of furan rings is 1. The zero-order valence-electron chi connectivity index (χ0n) is 22.7. The van der Waals surface area contributed by atoms with Crippen LogP contribution in [0.2, 0.25) is 0 Å². The van der Waals surface area contributed by atoms with Gasteiger partial charge in [-0.2, -0.15) is 0 Å². The van der Waals surface area contributed by atoms with Gasteiger partial charge in [-0.3, -0.25) is 4.90 Å². The molecule has 2 aromatic heterocycles. The summed E-state index contributed by atoms with van der Waals surface area (Å²) in [5, 5.41) is 4.66. The predicted molar refractivity (Wildman–Crippen MR) is 174 cm³/mol. The first-order valence-corrected chi connectivity index (χ1v) is 14.2. The second-order valence-corrected chi connectivity index (χ2v) is 10.8. The van der Waals surface area contributed by atoms with E-state index in [1.165, 1.54) is 44.2 Å². The Kier molecular flexibility index (Phi) is 4.90. The molecule has 2 heterocycles. The highest BCUT2D eigenvalue weighted by molar-refractivity contribution is 6.16. The van der Waals surface area contributed by atoms with Crippen LogP contribution >= 0.6 is 0 Å². The highest BCUT2D eigenvalue weighted by atomic mass is 16.3. The summed E-state index contributed by atoms with van der Waals surface area (Å²) < 4.78 is 6.28. The Balaban J connectivity index is 1.28. The van der Waals surface area contributed by atoms with Gasteiger partial charge in [-0.25, -0.2) is 4.98 Å². The molecule has 0 amide bonds. The van der Waals surface area contributed by atoms with Crippen molar-refractivity contribution in [3.8, 4) is 33.4 Å². The number of hydrogen-bond acceptors (Lipinski definition) is 3. The molecule has 0 atom stereocenters. The Hall–Kier alpha value is -5.67.